The Morgan fingerprint density at radius 2 is 2.08 bits per heavy atom. The van der Waals surface area contributed by atoms with Gasteiger partial charge in [0.2, 0.25) is 0 Å². The van der Waals surface area contributed by atoms with E-state index in [4.69, 9.17) is 0 Å². The van der Waals surface area contributed by atoms with Crippen molar-refractivity contribution in [2.24, 2.45) is 0 Å². The molecule has 0 aliphatic rings. The Hall–Kier alpha value is -0.591. The first-order valence-electron chi connectivity index (χ1n) is 4.03. The van der Waals surface area contributed by atoms with Gasteiger partial charge in [-0.2, -0.15) is 0 Å². The summed E-state index contributed by atoms with van der Waals surface area (Å²) < 4.78 is 1.31. The first-order chi connectivity index (χ1) is 5.86. The van der Waals surface area contributed by atoms with E-state index in [1.807, 2.05) is 18.2 Å². The van der Waals surface area contributed by atoms with Gasteiger partial charge in [-0.25, -0.2) is 0 Å². The van der Waals surface area contributed by atoms with Crippen molar-refractivity contribution >= 4 is 25.7 Å². The van der Waals surface area contributed by atoms with E-state index in [1.54, 1.807) is 0 Å². The van der Waals surface area contributed by atoms with Crippen LogP contribution in [0.1, 0.15) is 13.3 Å². The van der Waals surface area contributed by atoms with Crippen LogP contribution in [0, 0.1) is 0 Å². The van der Waals surface area contributed by atoms with Crippen LogP contribution in [0.15, 0.2) is 30.3 Å². The quantitative estimate of drug-likeness (QED) is 0.561. The van der Waals surface area contributed by atoms with Gasteiger partial charge in [0.1, 0.15) is 0 Å². The summed E-state index contributed by atoms with van der Waals surface area (Å²) in [6, 6.07) is 10.2. The van der Waals surface area contributed by atoms with Crippen molar-refractivity contribution in [3.8, 4) is 0 Å². The zero-order valence-electron chi connectivity index (χ0n) is 7.07. The first kappa shape index (κ1) is 9.50. The molecule has 0 bridgehead atoms. The van der Waals surface area contributed by atoms with Gasteiger partial charge in [0, 0.05) is 0 Å². The molecule has 1 atom stereocenters. The monoisotopic (exact) mass is 228 g/mol. The van der Waals surface area contributed by atoms with Crippen molar-refractivity contribution in [1.82, 2.24) is 0 Å². The summed E-state index contributed by atoms with van der Waals surface area (Å²) >= 11 is 0.317. The molecule has 0 saturated carbocycles. The van der Waals surface area contributed by atoms with Crippen LogP contribution in [0.2, 0.25) is 4.82 Å². The predicted octanol–water partition coefficient (Wildman–Crippen LogP) is 1.41. The molecule has 0 fully saturated rings. The minimum atomic E-state index is 0.250. The van der Waals surface area contributed by atoms with Gasteiger partial charge in [-0.3, -0.25) is 0 Å². The predicted molar refractivity (Wildman–Crippen MR) is 51.9 cm³/mol. The summed E-state index contributed by atoms with van der Waals surface area (Å²) in [4.78, 5) is 10.8. The zero-order chi connectivity index (χ0) is 8.81. The zero-order valence-corrected chi connectivity index (χ0v) is 8.78. The number of carbonyl (C=O) groups is 1. The third kappa shape index (κ3) is 2.80. The second-order valence-corrected chi connectivity index (χ2v) is 5.27. The van der Waals surface area contributed by atoms with Gasteiger partial charge in [0.05, 0.1) is 0 Å². The fraction of sp³-hybridized carbons (Fsp3) is 0.300. The van der Waals surface area contributed by atoms with Crippen molar-refractivity contribution in [2.75, 3.05) is 0 Å². The second-order valence-electron chi connectivity index (χ2n) is 2.51. The molecular weight excluding hydrogens is 215 g/mol. The molecule has 64 valence electrons. The Bertz CT molecular complexity index is 233. The van der Waals surface area contributed by atoms with E-state index < -0.39 is 0 Å². The van der Waals surface area contributed by atoms with Gasteiger partial charge in [0.25, 0.3) is 0 Å². The topological polar surface area (TPSA) is 17.1 Å². The molecule has 1 unspecified atom stereocenters. The SMILES string of the molecule is CCC(C=O)[Se]c1ccccc1. The Morgan fingerprint density at radius 1 is 1.42 bits per heavy atom. The van der Waals surface area contributed by atoms with Crippen LogP contribution < -0.4 is 4.46 Å². The minimum absolute atomic E-state index is 0.250. The molecule has 0 spiro atoms. The van der Waals surface area contributed by atoms with Crippen LogP contribution in [0.5, 0.6) is 0 Å². The standard InChI is InChI=1S/C10H12OSe/c1-2-9(8-11)12-10-6-4-3-5-7-10/h3-9H,2H2,1H3. The summed E-state index contributed by atoms with van der Waals surface area (Å²) in [5, 5.41) is 0. The van der Waals surface area contributed by atoms with Crippen LogP contribution >= 0.6 is 0 Å². The molecule has 0 heterocycles. The molecule has 1 rings (SSSR count). The average Bonchev–Trinajstić information content (AvgIpc) is 2.16. The fourth-order valence-electron chi connectivity index (χ4n) is 0.881. The van der Waals surface area contributed by atoms with Gasteiger partial charge in [-0.05, 0) is 0 Å². The van der Waals surface area contributed by atoms with Gasteiger partial charge < -0.3 is 0 Å². The number of hydrogen-bond donors (Lipinski definition) is 0. The van der Waals surface area contributed by atoms with Crippen molar-refractivity contribution in [1.29, 1.82) is 0 Å². The van der Waals surface area contributed by atoms with Crippen LogP contribution in [0.4, 0.5) is 0 Å². The molecule has 12 heavy (non-hydrogen) atoms. The van der Waals surface area contributed by atoms with E-state index in [1.165, 1.54) is 4.46 Å². The number of hydrogen-bond acceptors (Lipinski definition) is 1. The fourth-order valence-corrected chi connectivity index (χ4v) is 2.74. The molecule has 0 N–H and O–H groups in total. The molecule has 2 heteroatoms. The van der Waals surface area contributed by atoms with E-state index in [-0.39, 0.29) is 4.82 Å². The average molecular weight is 227 g/mol. The Kier molecular flexibility index (Phi) is 4.06. The van der Waals surface area contributed by atoms with Crippen LogP contribution in [0.3, 0.4) is 0 Å². The van der Waals surface area contributed by atoms with Crippen molar-refractivity contribution < 1.29 is 4.79 Å². The number of aldehydes is 1. The summed E-state index contributed by atoms with van der Waals surface area (Å²) in [5.41, 5.74) is 0. The number of carbonyl (C=O) groups excluding carboxylic acids is 1. The van der Waals surface area contributed by atoms with E-state index >= 15 is 0 Å². The third-order valence-electron chi connectivity index (χ3n) is 1.58. The molecule has 1 nitrogen and oxygen atoms in total. The van der Waals surface area contributed by atoms with Gasteiger partial charge in [-0.15, -0.1) is 0 Å². The van der Waals surface area contributed by atoms with Crippen molar-refractivity contribution in [2.45, 2.75) is 18.2 Å². The molecule has 1 aromatic carbocycles. The maximum absolute atomic E-state index is 10.6. The number of benzene rings is 1. The van der Waals surface area contributed by atoms with Crippen LogP contribution in [0.25, 0.3) is 0 Å². The van der Waals surface area contributed by atoms with E-state index in [0.29, 0.717) is 15.0 Å². The second kappa shape index (κ2) is 5.13. The number of rotatable bonds is 4. The Morgan fingerprint density at radius 3 is 2.58 bits per heavy atom. The Labute approximate surface area is 79.3 Å². The summed E-state index contributed by atoms with van der Waals surface area (Å²) in [5.74, 6) is 0. The Balaban J connectivity index is 2.56. The summed E-state index contributed by atoms with van der Waals surface area (Å²) in [7, 11) is 0. The van der Waals surface area contributed by atoms with Crippen LogP contribution in [-0.2, 0) is 4.79 Å². The van der Waals surface area contributed by atoms with E-state index in [0.717, 1.165) is 12.7 Å². The molecule has 0 amide bonds. The molecule has 0 aromatic heterocycles. The van der Waals surface area contributed by atoms with Gasteiger partial charge in [-0.1, -0.05) is 0 Å². The molecule has 0 radical (unpaired) electrons. The molecular formula is C10H12OSe. The van der Waals surface area contributed by atoms with Gasteiger partial charge in [0.15, 0.2) is 0 Å². The van der Waals surface area contributed by atoms with Crippen molar-refractivity contribution in [3.63, 3.8) is 0 Å². The van der Waals surface area contributed by atoms with E-state index in [2.05, 4.69) is 19.1 Å². The van der Waals surface area contributed by atoms with Crippen molar-refractivity contribution in [3.05, 3.63) is 30.3 Å². The molecule has 0 saturated heterocycles. The molecule has 1 aromatic rings. The molecule has 0 aliphatic heterocycles. The van der Waals surface area contributed by atoms with E-state index in [9.17, 15) is 4.79 Å². The van der Waals surface area contributed by atoms with Gasteiger partial charge >= 0.3 is 79.0 Å². The first-order valence-corrected chi connectivity index (χ1v) is 5.88. The third-order valence-corrected chi connectivity index (χ3v) is 4.29. The summed E-state index contributed by atoms with van der Waals surface area (Å²) in [6.07, 6.45) is 2.03. The molecule has 0 aliphatic carbocycles. The van der Waals surface area contributed by atoms with Crippen LogP contribution in [-0.4, -0.2) is 21.2 Å². The normalized spacial score (nSPS) is 12.4. The maximum atomic E-state index is 10.6. The summed E-state index contributed by atoms with van der Waals surface area (Å²) in [6.45, 7) is 2.06.